The highest BCUT2D eigenvalue weighted by Crippen LogP contribution is 1.92. The lowest BCUT2D eigenvalue weighted by molar-refractivity contribution is 0.0203. The predicted octanol–water partition coefficient (Wildman–Crippen LogP) is 0.124. The van der Waals surface area contributed by atoms with Crippen molar-refractivity contribution in [1.82, 2.24) is 4.90 Å². The Kier molecular flexibility index (Phi) is 12.9. The first-order valence-electron chi connectivity index (χ1n) is 6.57. The van der Waals surface area contributed by atoms with E-state index >= 15 is 0 Å². The van der Waals surface area contributed by atoms with Gasteiger partial charge in [-0.3, -0.25) is 4.90 Å². The minimum absolute atomic E-state index is 0.219. The van der Waals surface area contributed by atoms with Gasteiger partial charge in [0.05, 0.1) is 39.6 Å². The van der Waals surface area contributed by atoms with Crippen LogP contribution in [0, 0.1) is 0 Å². The molecule has 0 atom stereocenters. The van der Waals surface area contributed by atoms with E-state index in [0.29, 0.717) is 39.6 Å². The molecule has 114 valence electrons. The van der Waals surface area contributed by atoms with E-state index in [1.807, 2.05) is 0 Å². The van der Waals surface area contributed by atoms with Crippen molar-refractivity contribution in [2.24, 2.45) is 10.9 Å². The number of methoxy groups -OCH3 is 1. The van der Waals surface area contributed by atoms with Gasteiger partial charge in [-0.1, -0.05) is 12.1 Å². The third-order valence-electron chi connectivity index (χ3n) is 2.41. The second-order valence-electron chi connectivity index (χ2n) is 4.09. The van der Waals surface area contributed by atoms with Crippen LogP contribution in [0.3, 0.4) is 0 Å². The third-order valence-corrected chi connectivity index (χ3v) is 2.41. The maximum absolute atomic E-state index is 8.54. The maximum atomic E-state index is 8.54. The van der Waals surface area contributed by atoms with E-state index in [9.17, 15) is 0 Å². The van der Waals surface area contributed by atoms with Crippen LogP contribution >= 0.6 is 0 Å². The van der Waals surface area contributed by atoms with E-state index in [4.69, 9.17) is 25.2 Å². The van der Waals surface area contributed by atoms with Crippen LogP contribution in [0.4, 0.5) is 0 Å². The van der Waals surface area contributed by atoms with E-state index in [-0.39, 0.29) is 5.84 Å². The number of ether oxygens (including phenoxy) is 3. The SMILES string of the molecule is CCCN(CCOCCOCCOC)CC(N)=NO. The van der Waals surface area contributed by atoms with Crippen LogP contribution in [0.15, 0.2) is 5.16 Å². The molecule has 0 unspecified atom stereocenters. The van der Waals surface area contributed by atoms with Gasteiger partial charge >= 0.3 is 0 Å². The molecule has 0 amide bonds. The largest absolute Gasteiger partial charge is 0.409 e. The molecule has 0 aromatic carbocycles. The number of nitrogens with zero attached hydrogens (tertiary/aromatic N) is 2. The first kappa shape index (κ1) is 18.1. The normalized spacial score (nSPS) is 12.3. The molecule has 0 aliphatic rings. The van der Waals surface area contributed by atoms with Crippen LogP contribution in [-0.4, -0.2) is 75.7 Å². The van der Waals surface area contributed by atoms with Crippen LogP contribution in [0.1, 0.15) is 13.3 Å². The summed E-state index contributed by atoms with van der Waals surface area (Å²) in [5.41, 5.74) is 5.49. The minimum Gasteiger partial charge on any atom is -0.409 e. The van der Waals surface area contributed by atoms with Crippen LogP contribution < -0.4 is 5.73 Å². The van der Waals surface area contributed by atoms with Crippen LogP contribution in [-0.2, 0) is 14.2 Å². The Bertz CT molecular complexity index is 227. The van der Waals surface area contributed by atoms with Crippen molar-refractivity contribution in [1.29, 1.82) is 0 Å². The smallest absolute Gasteiger partial charge is 0.153 e. The fourth-order valence-corrected chi connectivity index (χ4v) is 1.50. The molecular formula is C12H27N3O4. The lowest BCUT2D eigenvalue weighted by Gasteiger charge is -2.20. The summed E-state index contributed by atoms with van der Waals surface area (Å²) < 4.78 is 15.6. The van der Waals surface area contributed by atoms with Gasteiger partial charge in [-0.05, 0) is 13.0 Å². The van der Waals surface area contributed by atoms with Gasteiger partial charge in [-0.15, -0.1) is 0 Å². The zero-order chi connectivity index (χ0) is 14.3. The van der Waals surface area contributed by atoms with Gasteiger partial charge in [0.15, 0.2) is 5.84 Å². The summed E-state index contributed by atoms with van der Waals surface area (Å²) in [6.45, 7) is 7.11. The first-order valence-corrected chi connectivity index (χ1v) is 6.57. The lowest BCUT2D eigenvalue weighted by atomic mass is 10.4. The van der Waals surface area contributed by atoms with Crippen LogP contribution in [0.5, 0.6) is 0 Å². The second kappa shape index (κ2) is 13.5. The summed E-state index contributed by atoms with van der Waals surface area (Å²) in [6, 6.07) is 0. The molecule has 7 heteroatoms. The summed E-state index contributed by atoms with van der Waals surface area (Å²) in [4.78, 5) is 2.08. The number of hydrogen-bond donors (Lipinski definition) is 2. The van der Waals surface area contributed by atoms with Gasteiger partial charge in [0, 0.05) is 13.7 Å². The molecule has 0 spiro atoms. The van der Waals surface area contributed by atoms with E-state index in [0.717, 1.165) is 19.5 Å². The Morgan fingerprint density at radius 3 is 2.32 bits per heavy atom. The van der Waals surface area contributed by atoms with Crippen molar-refractivity contribution < 1.29 is 19.4 Å². The molecule has 0 saturated heterocycles. The van der Waals surface area contributed by atoms with Crippen LogP contribution in [0.2, 0.25) is 0 Å². The lowest BCUT2D eigenvalue weighted by Crippen LogP contribution is -2.36. The molecule has 7 nitrogen and oxygen atoms in total. The molecule has 0 bridgehead atoms. The molecule has 0 heterocycles. The Labute approximate surface area is 115 Å². The highest BCUT2D eigenvalue weighted by molar-refractivity contribution is 5.81. The number of nitrogens with two attached hydrogens (primary N) is 1. The average Bonchev–Trinajstić information content (AvgIpc) is 2.41. The Hall–Kier alpha value is -0.890. The fourth-order valence-electron chi connectivity index (χ4n) is 1.50. The van der Waals surface area contributed by atoms with Gasteiger partial charge < -0.3 is 25.2 Å². The van der Waals surface area contributed by atoms with E-state index in [1.54, 1.807) is 7.11 Å². The zero-order valence-corrected chi connectivity index (χ0v) is 12.0. The Morgan fingerprint density at radius 2 is 1.74 bits per heavy atom. The molecule has 0 aliphatic carbocycles. The van der Waals surface area contributed by atoms with E-state index < -0.39 is 0 Å². The predicted molar refractivity (Wildman–Crippen MR) is 73.7 cm³/mol. The van der Waals surface area contributed by atoms with Crippen molar-refractivity contribution in [3.8, 4) is 0 Å². The van der Waals surface area contributed by atoms with Crippen molar-refractivity contribution in [2.45, 2.75) is 13.3 Å². The molecule has 0 aromatic heterocycles. The molecule has 0 aliphatic heterocycles. The Morgan fingerprint density at radius 1 is 1.11 bits per heavy atom. The molecule has 3 N–H and O–H groups in total. The van der Waals surface area contributed by atoms with Gasteiger partial charge in [0.2, 0.25) is 0 Å². The Balaban J connectivity index is 3.53. The number of hydrogen-bond acceptors (Lipinski definition) is 6. The molecule has 0 fully saturated rings. The number of oxime groups is 1. The first-order chi connectivity index (χ1) is 9.24. The van der Waals surface area contributed by atoms with Gasteiger partial charge in [0.25, 0.3) is 0 Å². The van der Waals surface area contributed by atoms with Crippen molar-refractivity contribution in [3.63, 3.8) is 0 Å². The van der Waals surface area contributed by atoms with Crippen LogP contribution in [0.25, 0.3) is 0 Å². The van der Waals surface area contributed by atoms with Crippen molar-refractivity contribution in [2.75, 3.05) is 59.8 Å². The monoisotopic (exact) mass is 277 g/mol. The summed E-state index contributed by atoms with van der Waals surface area (Å²) in [5, 5.41) is 11.5. The molecule has 19 heavy (non-hydrogen) atoms. The standard InChI is InChI=1S/C12H27N3O4/c1-3-4-15(11-12(13)14-16)5-6-18-9-10-19-8-7-17-2/h16H,3-11H2,1-2H3,(H2,13,14). The molecule has 0 aromatic rings. The average molecular weight is 277 g/mol. The molecule has 0 radical (unpaired) electrons. The third kappa shape index (κ3) is 11.9. The quantitative estimate of drug-likeness (QED) is 0.163. The summed E-state index contributed by atoms with van der Waals surface area (Å²) in [7, 11) is 1.64. The summed E-state index contributed by atoms with van der Waals surface area (Å²) >= 11 is 0. The van der Waals surface area contributed by atoms with Crippen molar-refractivity contribution in [3.05, 3.63) is 0 Å². The fraction of sp³-hybridized carbons (Fsp3) is 0.917. The maximum Gasteiger partial charge on any atom is 0.153 e. The molecular weight excluding hydrogens is 250 g/mol. The van der Waals surface area contributed by atoms with Gasteiger partial charge in [0.1, 0.15) is 0 Å². The minimum atomic E-state index is 0.219. The molecule has 0 saturated carbocycles. The highest BCUT2D eigenvalue weighted by atomic mass is 16.5. The topological polar surface area (TPSA) is 89.5 Å². The summed E-state index contributed by atoms with van der Waals surface area (Å²) in [6.07, 6.45) is 1.01. The second-order valence-corrected chi connectivity index (χ2v) is 4.09. The summed E-state index contributed by atoms with van der Waals surface area (Å²) in [5.74, 6) is 0.219. The number of amidine groups is 1. The van der Waals surface area contributed by atoms with Gasteiger partial charge in [-0.25, -0.2) is 0 Å². The van der Waals surface area contributed by atoms with Crippen molar-refractivity contribution >= 4 is 5.84 Å². The van der Waals surface area contributed by atoms with E-state index in [1.165, 1.54) is 0 Å². The number of rotatable bonds is 13. The zero-order valence-electron chi connectivity index (χ0n) is 12.0. The van der Waals surface area contributed by atoms with E-state index in [2.05, 4.69) is 17.0 Å². The molecule has 0 rings (SSSR count). The van der Waals surface area contributed by atoms with Gasteiger partial charge in [-0.2, -0.15) is 0 Å². The highest BCUT2D eigenvalue weighted by Gasteiger charge is 2.06.